The average Bonchev–Trinajstić information content (AvgIpc) is 2.66. The summed E-state index contributed by atoms with van der Waals surface area (Å²) in [6.45, 7) is 2.02. The quantitative estimate of drug-likeness (QED) is 0.635. The molecule has 1 atom stereocenters. The second-order valence-corrected chi connectivity index (χ2v) is 6.35. The summed E-state index contributed by atoms with van der Waals surface area (Å²) >= 11 is 0. The molecule has 0 saturated heterocycles. The van der Waals surface area contributed by atoms with Gasteiger partial charge in [0.1, 0.15) is 6.04 Å². The monoisotopic (exact) mass is 367 g/mol. The fourth-order valence-corrected chi connectivity index (χ4v) is 2.61. The molecule has 0 unspecified atom stereocenters. The Morgan fingerprint density at radius 3 is 2.44 bits per heavy atom. The minimum absolute atomic E-state index is 0.0894. The molecule has 0 aliphatic rings. The average molecular weight is 367 g/mol. The summed E-state index contributed by atoms with van der Waals surface area (Å²) in [6, 6.07) is 15.1. The second kappa shape index (κ2) is 10.1. The molecule has 142 valence electrons. The van der Waals surface area contributed by atoms with Gasteiger partial charge in [-0.1, -0.05) is 49.7 Å². The first-order valence-corrected chi connectivity index (χ1v) is 9.03. The van der Waals surface area contributed by atoms with Gasteiger partial charge < -0.3 is 16.4 Å². The molecule has 0 bridgehead atoms. The number of nitrogens with one attached hydrogen (secondary N) is 2. The van der Waals surface area contributed by atoms with Crippen LogP contribution in [0.1, 0.15) is 42.1 Å². The Balaban J connectivity index is 2.04. The van der Waals surface area contributed by atoms with Crippen LogP contribution in [-0.4, -0.2) is 23.8 Å². The molecular formula is C21H25N3O3. The Kier molecular flexibility index (Phi) is 7.55. The van der Waals surface area contributed by atoms with Gasteiger partial charge in [0.2, 0.25) is 11.8 Å². The first-order valence-electron chi connectivity index (χ1n) is 9.03. The highest BCUT2D eigenvalue weighted by Crippen LogP contribution is 2.12. The standard InChI is InChI=1S/C21H25N3O3/c1-2-3-12-19(25)23-17-11-7-10-16(14-17)21(27)24-18(20(22)26)13-15-8-5-4-6-9-15/h4-11,14,18H,2-3,12-13H2,1H3,(H2,22,26)(H,23,25)(H,24,27)/t18-/m0/s1. The van der Waals surface area contributed by atoms with Crippen LogP contribution in [0.4, 0.5) is 5.69 Å². The van der Waals surface area contributed by atoms with E-state index in [-0.39, 0.29) is 5.91 Å². The van der Waals surface area contributed by atoms with E-state index in [0.29, 0.717) is 24.1 Å². The van der Waals surface area contributed by atoms with E-state index in [1.807, 2.05) is 37.3 Å². The van der Waals surface area contributed by atoms with Crippen molar-refractivity contribution in [2.75, 3.05) is 5.32 Å². The number of amides is 3. The van der Waals surface area contributed by atoms with Crippen LogP contribution >= 0.6 is 0 Å². The Morgan fingerprint density at radius 1 is 1.04 bits per heavy atom. The lowest BCUT2D eigenvalue weighted by molar-refractivity contribution is -0.120. The predicted molar refractivity (Wildman–Crippen MR) is 105 cm³/mol. The highest BCUT2D eigenvalue weighted by molar-refractivity contribution is 5.99. The third kappa shape index (κ3) is 6.58. The van der Waals surface area contributed by atoms with Crippen LogP contribution in [-0.2, 0) is 16.0 Å². The van der Waals surface area contributed by atoms with Crippen LogP contribution in [0.25, 0.3) is 0 Å². The Labute approximate surface area is 159 Å². The molecule has 6 nitrogen and oxygen atoms in total. The zero-order valence-electron chi connectivity index (χ0n) is 15.4. The van der Waals surface area contributed by atoms with Gasteiger partial charge in [0, 0.05) is 24.1 Å². The van der Waals surface area contributed by atoms with Gasteiger partial charge in [-0.2, -0.15) is 0 Å². The van der Waals surface area contributed by atoms with Gasteiger partial charge in [0.25, 0.3) is 5.91 Å². The van der Waals surface area contributed by atoms with Crippen LogP contribution in [0.3, 0.4) is 0 Å². The van der Waals surface area contributed by atoms with Gasteiger partial charge in [0.05, 0.1) is 0 Å². The van der Waals surface area contributed by atoms with E-state index in [9.17, 15) is 14.4 Å². The van der Waals surface area contributed by atoms with E-state index in [4.69, 9.17) is 5.73 Å². The molecule has 0 fully saturated rings. The van der Waals surface area contributed by atoms with Gasteiger partial charge in [-0.05, 0) is 30.2 Å². The molecular weight excluding hydrogens is 342 g/mol. The minimum Gasteiger partial charge on any atom is -0.368 e. The summed E-state index contributed by atoms with van der Waals surface area (Å²) < 4.78 is 0. The number of anilines is 1. The first kappa shape index (κ1) is 20.2. The van der Waals surface area contributed by atoms with Crippen molar-refractivity contribution in [1.82, 2.24) is 5.32 Å². The molecule has 0 radical (unpaired) electrons. The summed E-state index contributed by atoms with van der Waals surface area (Å²) in [5.74, 6) is -1.11. The number of hydrogen-bond acceptors (Lipinski definition) is 3. The lowest BCUT2D eigenvalue weighted by Gasteiger charge is -2.16. The molecule has 0 aliphatic heterocycles. The highest BCUT2D eigenvalue weighted by atomic mass is 16.2. The zero-order valence-corrected chi connectivity index (χ0v) is 15.4. The van der Waals surface area contributed by atoms with Crippen LogP contribution in [0.2, 0.25) is 0 Å². The van der Waals surface area contributed by atoms with Gasteiger partial charge in [0.15, 0.2) is 0 Å². The summed E-state index contributed by atoms with van der Waals surface area (Å²) in [4.78, 5) is 36.1. The molecule has 2 aromatic rings. The minimum atomic E-state index is -0.817. The fraction of sp³-hybridized carbons (Fsp3) is 0.286. The third-order valence-corrected chi connectivity index (χ3v) is 4.10. The van der Waals surface area contributed by atoms with E-state index in [1.54, 1.807) is 24.3 Å². The lowest BCUT2D eigenvalue weighted by atomic mass is 10.0. The summed E-state index contributed by atoms with van der Waals surface area (Å²) in [5.41, 5.74) is 7.24. The van der Waals surface area contributed by atoms with Crippen molar-refractivity contribution < 1.29 is 14.4 Å². The topological polar surface area (TPSA) is 101 Å². The molecule has 0 spiro atoms. The maximum atomic E-state index is 12.5. The first-order chi connectivity index (χ1) is 13.0. The molecule has 27 heavy (non-hydrogen) atoms. The lowest BCUT2D eigenvalue weighted by Crippen LogP contribution is -2.45. The maximum Gasteiger partial charge on any atom is 0.252 e. The van der Waals surface area contributed by atoms with Gasteiger partial charge in [-0.25, -0.2) is 0 Å². The van der Waals surface area contributed by atoms with E-state index < -0.39 is 17.9 Å². The fourth-order valence-electron chi connectivity index (χ4n) is 2.61. The van der Waals surface area contributed by atoms with Crippen LogP contribution in [0.5, 0.6) is 0 Å². The van der Waals surface area contributed by atoms with Crippen LogP contribution < -0.4 is 16.4 Å². The Hall–Kier alpha value is -3.15. The zero-order chi connectivity index (χ0) is 19.6. The number of benzene rings is 2. The van der Waals surface area contributed by atoms with Gasteiger partial charge in [-0.3, -0.25) is 14.4 Å². The largest absolute Gasteiger partial charge is 0.368 e. The van der Waals surface area contributed by atoms with Crippen LogP contribution in [0.15, 0.2) is 54.6 Å². The number of unbranched alkanes of at least 4 members (excludes halogenated alkanes) is 1. The number of hydrogen-bond donors (Lipinski definition) is 3. The van der Waals surface area contributed by atoms with Crippen molar-refractivity contribution in [2.24, 2.45) is 5.73 Å². The normalized spacial score (nSPS) is 11.4. The number of rotatable bonds is 9. The number of carbonyl (C=O) groups is 3. The number of nitrogens with two attached hydrogens (primary N) is 1. The smallest absolute Gasteiger partial charge is 0.252 e. The Morgan fingerprint density at radius 2 is 1.78 bits per heavy atom. The third-order valence-electron chi connectivity index (χ3n) is 4.10. The number of primary amides is 1. The van der Waals surface area contributed by atoms with E-state index in [1.165, 1.54) is 0 Å². The van der Waals surface area contributed by atoms with Gasteiger partial charge >= 0.3 is 0 Å². The molecule has 2 aromatic carbocycles. The molecule has 0 saturated carbocycles. The predicted octanol–water partition coefficient (Wildman–Crippen LogP) is 2.64. The Bertz CT molecular complexity index is 790. The van der Waals surface area contributed by atoms with E-state index >= 15 is 0 Å². The molecule has 6 heteroatoms. The van der Waals surface area contributed by atoms with E-state index in [0.717, 1.165) is 18.4 Å². The van der Waals surface area contributed by atoms with Crippen molar-refractivity contribution in [3.63, 3.8) is 0 Å². The van der Waals surface area contributed by atoms with Crippen molar-refractivity contribution >= 4 is 23.4 Å². The van der Waals surface area contributed by atoms with Gasteiger partial charge in [-0.15, -0.1) is 0 Å². The van der Waals surface area contributed by atoms with E-state index in [2.05, 4.69) is 10.6 Å². The molecule has 2 rings (SSSR count). The highest BCUT2D eigenvalue weighted by Gasteiger charge is 2.19. The summed E-state index contributed by atoms with van der Waals surface area (Å²) in [6.07, 6.45) is 2.50. The molecule has 4 N–H and O–H groups in total. The molecule has 0 heterocycles. The second-order valence-electron chi connectivity index (χ2n) is 6.35. The van der Waals surface area contributed by atoms with Crippen LogP contribution in [0, 0.1) is 0 Å². The molecule has 0 aromatic heterocycles. The maximum absolute atomic E-state index is 12.5. The van der Waals surface area contributed by atoms with Crippen molar-refractivity contribution in [1.29, 1.82) is 0 Å². The van der Waals surface area contributed by atoms with Crippen molar-refractivity contribution in [2.45, 2.75) is 38.6 Å². The molecule has 3 amide bonds. The summed E-state index contributed by atoms with van der Waals surface area (Å²) in [7, 11) is 0. The SMILES string of the molecule is CCCCC(=O)Nc1cccc(C(=O)N[C@@H](Cc2ccccc2)C(N)=O)c1. The van der Waals surface area contributed by atoms with Crippen molar-refractivity contribution in [3.8, 4) is 0 Å². The summed E-state index contributed by atoms with van der Waals surface area (Å²) in [5, 5.41) is 5.45. The van der Waals surface area contributed by atoms with Crippen molar-refractivity contribution in [3.05, 3.63) is 65.7 Å². The molecule has 0 aliphatic carbocycles. The number of carbonyl (C=O) groups excluding carboxylic acids is 3.